The van der Waals surface area contributed by atoms with Crippen LogP contribution in [0.1, 0.15) is 43.9 Å². The molecule has 3 nitrogen and oxygen atoms in total. The molecule has 0 bridgehead atoms. The van der Waals surface area contributed by atoms with E-state index in [9.17, 15) is 4.79 Å². The van der Waals surface area contributed by atoms with Crippen LogP contribution in [0.15, 0.2) is 17.5 Å². The molecule has 20 heavy (non-hydrogen) atoms. The Balaban J connectivity index is 1.84. The van der Waals surface area contributed by atoms with Gasteiger partial charge in [0.1, 0.15) is 0 Å². The monoisotopic (exact) mass is 294 g/mol. The highest BCUT2D eigenvalue weighted by Gasteiger charge is 2.23. The Hall–Kier alpha value is -0.870. The molecule has 1 heterocycles. The molecule has 0 atom stereocenters. The van der Waals surface area contributed by atoms with E-state index in [0.29, 0.717) is 12.6 Å². The van der Waals surface area contributed by atoms with E-state index >= 15 is 0 Å². The molecule has 112 valence electrons. The average molecular weight is 294 g/mol. The molecular weight excluding hydrogens is 268 g/mol. The summed E-state index contributed by atoms with van der Waals surface area (Å²) in [5.74, 6) is 0.242. The van der Waals surface area contributed by atoms with Gasteiger partial charge < -0.3 is 4.90 Å². The Morgan fingerprint density at radius 3 is 2.70 bits per heavy atom. The second kappa shape index (κ2) is 7.79. The van der Waals surface area contributed by atoms with Crippen LogP contribution in [0.3, 0.4) is 0 Å². The number of likely N-dealkylation sites (N-methyl/N-ethyl adjacent to an activating group) is 2. The van der Waals surface area contributed by atoms with Gasteiger partial charge in [0.15, 0.2) is 0 Å². The first-order valence-corrected chi connectivity index (χ1v) is 8.59. The quantitative estimate of drug-likeness (QED) is 0.803. The Morgan fingerprint density at radius 1 is 1.35 bits per heavy atom. The molecule has 0 unspecified atom stereocenters. The second-order valence-electron chi connectivity index (χ2n) is 5.68. The van der Waals surface area contributed by atoms with E-state index in [2.05, 4.69) is 23.3 Å². The summed E-state index contributed by atoms with van der Waals surface area (Å²) in [4.78, 5) is 17.8. The minimum Gasteiger partial charge on any atom is -0.340 e. The van der Waals surface area contributed by atoms with Crippen molar-refractivity contribution >= 4 is 17.2 Å². The lowest BCUT2D eigenvalue weighted by atomic mass is 9.94. The van der Waals surface area contributed by atoms with E-state index in [4.69, 9.17) is 0 Å². The van der Waals surface area contributed by atoms with E-state index in [1.807, 2.05) is 18.0 Å². The van der Waals surface area contributed by atoms with Crippen molar-refractivity contribution in [1.29, 1.82) is 0 Å². The third-order valence-electron chi connectivity index (χ3n) is 4.23. The Morgan fingerprint density at radius 2 is 2.10 bits per heavy atom. The molecule has 1 amide bonds. The number of hydrogen-bond acceptors (Lipinski definition) is 3. The number of rotatable bonds is 6. The van der Waals surface area contributed by atoms with Crippen LogP contribution in [0.4, 0.5) is 0 Å². The van der Waals surface area contributed by atoms with Crippen molar-refractivity contribution in [3.63, 3.8) is 0 Å². The van der Waals surface area contributed by atoms with E-state index in [0.717, 1.165) is 13.1 Å². The predicted octanol–water partition coefficient (Wildman–Crippen LogP) is 3.36. The first-order chi connectivity index (χ1) is 9.70. The third kappa shape index (κ3) is 4.32. The number of nitrogens with zero attached hydrogens (tertiary/aromatic N) is 2. The van der Waals surface area contributed by atoms with Gasteiger partial charge in [0.05, 0.1) is 13.1 Å². The molecule has 0 N–H and O–H groups in total. The molecule has 2 rings (SSSR count). The van der Waals surface area contributed by atoms with E-state index < -0.39 is 0 Å². The maximum atomic E-state index is 12.4. The highest BCUT2D eigenvalue weighted by atomic mass is 32.1. The zero-order valence-electron chi connectivity index (χ0n) is 12.7. The highest BCUT2D eigenvalue weighted by Crippen LogP contribution is 2.22. The molecule has 1 aliphatic rings. The van der Waals surface area contributed by atoms with Gasteiger partial charge in [-0.25, -0.2) is 0 Å². The second-order valence-corrected chi connectivity index (χ2v) is 6.72. The van der Waals surface area contributed by atoms with Crippen molar-refractivity contribution in [2.75, 3.05) is 20.1 Å². The van der Waals surface area contributed by atoms with Gasteiger partial charge in [-0.05, 0) is 30.8 Å². The van der Waals surface area contributed by atoms with Gasteiger partial charge in [0.25, 0.3) is 0 Å². The minimum atomic E-state index is 0.242. The fourth-order valence-electron chi connectivity index (χ4n) is 2.96. The van der Waals surface area contributed by atoms with Crippen molar-refractivity contribution < 1.29 is 4.79 Å². The first-order valence-electron chi connectivity index (χ1n) is 7.71. The summed E-state index contributed by atoms with van der Waals surface area (Å²) in [5.41, 5.74) is 0. The third-order valence-corrected chi connectivity index (χ3v) is 5.10. The standard InChI is InChI=1S/C16H26N2OS/c1-3-18(14-8-5-4-6-9-14)13-16(19)17(2)12-15-10-7-11-20-15/h7,10-11,14H,3-6,8-9,12-13H2,1-2H3. The van der Waals surface area contributed by atoms with Gasteiger partial charge in [-0.1, -0.05) is 32.3 Å². The van der Waals surface area contributed by atoms with Crippen molar-refractivity contribution in [2.45, 2.75) is 51.6 Å². The zero-order valence-corrected chi connectivity index (χ0v) is 13.5. The molecule has 0 aromatic carbocycles. The van der Waals surface area contributed by atoms with Crippen LogP contribution < -0.4 is 0 Å². The van der Waals surface area contributed by atoms with Crippen LogP contribution in [0.2, 0.25) is 0 Å². The van der Waals surface area contributed by atoms with Crippen LogP contribution in [0.25, 0.3) is 0 Å². The number of carbonyl (C=O) groups is 1. The highest BCUT2D eigenvalue weighted by molar-refractivity contribution is 7.09. The SMILES string of the molecule is CCN(CC(=O)N(C)Cc1cccs1)C1CCCCC1. The van der Waals surface area contributed by atoms with E-state index in [1.165, 1.54) is 37.0 Å². The number of amides is 1. The summed E-state index contributed by atoms with van der Waals surface area (Å²) in [6, 6.07) is 4.75. The Labute approximate surface area is 126 Å². The minimum absolute atomic E-state index is 0.242. The van der Waals surface area contributed by atoms with Gasteiger partial charge in [-0.2, -0.15) is 0 Å². The Bertz CT molecular complexity index is 399. The smallest absolute Gasteiger partial charge is 0.236 e. The van der Waals surface area contributed by atoms with Gasteiger partial charge in [0, 0.05) is 18.0 Å². The number of thiophene rings is 1. The zero-order chi connectivity index (χ0) is 14.4. The van der Waals surface area contributed by atoms with Crippen LogP contribution in [-0.4, -0.2) is 41.9 Å². The lowest BCUT2D eigenvalue weighted by molar-refractivity contribution is -0.132. The largest absolute Gasteiger partial charge is 0.340 e. The maximum Gasteiger partial charge on any atom is 0.236 e. The average Bonchev–Trinajstić information content (AvgIpc) is 2.98. The summed E-state index contributed by atoms with van der Waals surface area (Å²) in [5, 5.41) is 2.06. The number of carbonyl (C=O) groups excluding carboxylic acids is 1. The van der Waals surface area contributed by atoms with Crippen molar-refractivity contribution in [2.24, 2.45) is 0 Å². The fourth-order valence-corrected chi connectivity index (χ4v) is 3.72. The molecule has 0 aliphatic heterocycles. The van der Waals surface area contributed by atoms with Gasteiger partial charge >= 0.3 is 0 Å². The van der Waals surface area contributed by atoms with Crippen LogP contribution in [0, 0.1) is 0 Å². The molecule has 4 heteroatoms. The lowest BCUT2D eigenvalue weighted by Gasteiger charge is -2.34. The molecule has 1 aliphatic carbocycles. The maximum absolute atomic E-state index is 12.4. The normalized spacial score (nSPS) is 16.6. The topological polar surface area (TPSA) is 23.6 Å². The molecule has 1 aromatic rings. The van der Waals surface area contributed by atoms with Crippen LogP contribution in [0.5, 0.6) is 0 Å². The van der Waals surface area contributed by atoms with Crippen LogP contribution >= 0.6 is 11.3 Å². The molecule has 1 fully saturated rings. The molecule has 1 aromatic heterocycles. The van der Waals surface area contributed by atoms with Gasteiger partial charge in [0.2, 0.25) is 5.91 Å². The summed E-state index contributed by atoms with van der Waals surface area (Å²) in [6.45, 7) is 4.45. The van der Waals surface area contributed by atoms with Crippen molar-refractivity contribution in [3.05, 3.63) is 22.4 Å². The molecule has 1 saturated carbocycles. The van der Waals surface area contributed by atoms with Crippen molar-refractivity contribution in [3.8, 4) is 0 Å². The molecule has 0 spiro atoms. The summed E-state index contributed by atoms with van der Waals surface area (Å²) < 4.78 is 0. The fraction of sp³-hybridized carbons (Fsp3) is 0.688. The predicted molar refractivity (Wildman–Crippen MR) is 84.9 cm³/mol. The molecule has 0 radical (unpaired) electrons. The van der Waals surface area contributed by atoms with Crippen molar-refractivity contribution in [1.82, 2.24) is 9.80 Å². The molecule has 0 saturated heterocycles. The number of hydrogen-bond donors (Lipinski definition) is 0. The summed E-state index contributed by atoms with van der Waals surface area (Å²) >= 11 is 1.71. The Kier molecular flexibility index (Phi) is 6.05. The van der Waals surface area contributed by atoms with E-state index in [-0.39, 0.29) is 5.91 Å². The lowest BCUT2D eigenvalue weighted by Crippen LogP contribution is -2.44. The summed E-state index contributed by atoms with van der Waals surface area (Å²) in [6.07, 6.45) is 6.52. The van der Waals surface area contributed by atoms with Gasteiger partial charge in [-0.3, -0.25) is 9.69 Å². The van der Waals surface area contributed by atoms with Crippen LogP contribution in [-0.2, 0) is 11.3 Å². The van der Waals surface area contributed by atoms with Gasteiger partial charge in [-0.15, -0.1) is 11.3 Å². The first kappa shape index (κ1) is 15.5. The molecular formula is C16H26N2OS. The van der Waals surface area contributed by atoms with E-state index in [1.54, 1.807) is 11.3 Å². The summed E-state index contributed by atoms with van der Waals surface area (Å²) in [7, 11) is 1.91.